The van der Waals surface area contributed by atoms with E-state index < -0.39 is 5.82 Å². The number of benzene rings is 1. The summed E-state index contributed by atoms with van der Waals surface area (Å²) in [6.07, 6.45) is 2.05. The summed E-state index contributed by atoms with van der Waals surface area (Å²) in [5, 5.41) is 11.9. The lowest BCUT2D eigenvalue weighted by Crippen LogP contribution is -2.31. The van der Waals surface area contributed by atoms with E-state index in [0.29, 0.717) is 35.6 Å². The number of H-pyrrole nitrogens is 1. The minimum Gasteiger partial charge on any atom is -0.350 e. The molecule has 0 bridgehead atoms. The molecule has 1 aromatic carbocycles. The lowest BCUT2D eigenvalue weighted by atomic mass is 10.1. The fourth-order valence-electron chi connectivity index (χ4n) is 3.54. The molecular formula is C22H17ClFN5O2. The summed E-state index contributed by atoms with van der Waals surface area (Å²) in [5.41, 5.74) is 2.27. The molecule has 9 heteroatoms. The number of nitrogens with zero attached hydrogens (tertiary/aromatic N) is 3. The van der Waals surface area contributed by atoms with Gasteiger partial charge in [0.15, 0.2) is 0 Å². The SMILES string of the molecule is N#Cc1ncccc1-c1ccc(C(=O)N2CC[C@H](C(=O)Nc3ccc(F)c(Cl)c3)C2)[nH]1. The lowest BCUT2D eigenvalue weighted by Gasteiger charge is -2.16. The van der Waals surface area contributed by atoms with Gasteiger partial charge in [-0.25, -0.2) is 9.37 Å². The van der Waals surface area contributed by atoms with Gasteiger partial charge < -0.3 is 15.2 Å². The second-order valence-corrected chi connectivity index (χ2v) is 7.56. The van der Waals surface area contributed by atoms with Crippen LogP contribution in [0.2, 0.25) is 5.02 Å². The second kappa shape index (κ2) is 8.58. The van der Waals surface area contributed by atoms with Gasteiger partial charge in [0.2, 0.25) is 5.91 Å². The molecule has 0 spiro atoms. The van der Waals surface area contributed by atoms with E-state index in [1.165, 1.54) is 24.4 Å². The minimum absolute atomic E-state index is 0.0725. The Morgan fingerprint density at radius 3 is 2.90 bits per heavy atom. The van der Waals surface area contributed by atoms with E-state index in [4.69, 9.17) is 11.6 Å². The van der Waals surface area contributed by atoms with Gasteiger partial charge in [-0.3, -0.25) is 9.59 Å². The third kappa shape index (κ3) is 4.27. The molecule has 4 rings (SSSR count). The van der Waals surface area contributed by atoms with Crippen LogP contribution in [-0.2, 0) is 4.79 Å². The van der Waals surface area contributed by atoms with Crippen molar-refractivity contribution in [3.63, 3.8) is 0 Å². The Morgan fingerprint density at radius 2 is 2.13 bits per heavy atom. The van der Waals surface area contributed by atoms with Crippen LogP contribution in [0.25, 0.3) is 11.3 Å². The van der Waals surface area contributed by atoms with Crippen LogP contribution in [0.15, 0.2) is 48.7 Å². The van der Waals surface area contributed by atoms with Crippen molar-refractivity contribution in [3.8, 4) is 17.3 Å². The van der Waals surface area contributed by atoms with Crippen molar-refractivity contribution in [2.75, 3.05) is 18.4 Å². The van der Waals surface area contributed by atoms with E-state index in [-0.39, 0.29) is 35.0 Å². The first-order valence-corrected chi connectivity index (χ1v) is 9.93. The van der Waals surface area contributed by atoms with Gasteiger partial charge in [0.25, 0.3) is 5.91 Å². The lowest BCUT2D eigenvalue weighted by molar-refractivity contribution is -0.119. The van der Waals surface area contributed by atoms with E-state index in [1.807, 2.05) is 6.07 Å². The molecule has 3 aromatic rings. The van der Waals surface area contributed by atoms with E-state index >= 15 is 0 Å². The zero-order valence-corrected chi connectivity index (χ0v) is 17.0. The first kappa shape index (κ1) is 20.6. The van der Waals surface area contributed by atoms with E-state index in [2.05, 4.69) is 15.3 Å². The topological polar surface area (TPSA) is 102 Å². The normalized spacial score (nSPS) is 15.5. The van der Waals surface area contributed by atoms with Crippen molar-refractivity contribution >= 4 is 29.1 Å². The monoisotopic (exact) mass is 437 g/mol. The summed E-state index contributed by atoms with van der Waals surface area (Å²) < 4.78 is 13.3. The van der Waals surface area contributed by atoms with Crippen LogP contribution in [0, 0.1) is 23.1 Å². The van der Waals surface area contributed by atoms with Crippen LogP contribution in [0.4, 0.5) is 10.1 Å². The standard InChI is InChI=1S/C22H17ClFN5O2/c23-16-10-14(3-4-17(16)24)27-21(30)13-7-9-29(12-13)22(31)19-6-5-18(28-19)15-2-1-8-26-20(15)11-25/h1-6,8,10,13,28H,7,9,12H2,(H,27,30)/t13-/m0/s1. The number of pyridine rings is 1. The molecule has 0 unspecified atom stereocenters. The zero-order chi connectivity index (χ0) is 22.0. The van der Waals surface area contributed by atoms with Gasteiger partial charge in [0, 0.05) is 36.2 Å². The van der Waals surface area contributed by atoms with Crippen molar-refractivity contribution in [2.24, 2.45) is 5.92 Å². The summed E-state index contributed by atoms with van der Waals surface area (Å²) in [6, 6.07) is 12.9. The molecule has 1 atom stereocenters. The number of hydrogen-bond donors (Lipinski definition) is 2. The maximum Gasteiger partial charge on any atom is 0.270 e. The maximum atomic E-state index is 13.3. The fourth-order valence-corrected chi connectivity index (χ4v) is 3.72. The molecule has 156 valence electrons. The summed E-state index contributed by atoms with van der Waals surface area (Å²) in [4.78, 5) is 34.1. The molecule has 7 nitrogen and oxygen atoms in total. The van der Waals surface area contributed by atoms with E-state index in [0.717, 1.165) is 0 Å². The first-order chi connectivity index (χ1) is 15.0. The number of anilines is 1. The highest BCUT2D eigenvalue weighted by atomic mass is 35.5. The molecule has 1 aliphatic rings. The number of likely N-dealkylation sites (tertiary alicyclic amines) is 1. The number of aromatic nitrogens is 2. The molecule has 0 aliphatic carbocycles. The molecule has 3 heterocycles. The Hall–Kier alpha value is -3.70. The number of nitriles is 1. The van der Waals surface area contributed by atoms with Gasteiger partial charge in [0.05, 0.1) is 10.9 Å². The van der Waals surface area contributed by atoms with Crippen LogP contribution >= 0.6 is 11.6 Å². The quantitative estimate of drug-likeness (QED) is 0.647. The minimum atomic E-state index is -0.559. The molecular weight excluding hydrogens is 421 g/mol. The Labute approximate surface area is 182 Å². The molecule has 1 fully saturated rings. The molecule has 2 amide bonds. The Morgan fingerprint density at radius 1 is 1.29 bits per heavy atom. The van der Waals surface area contributed by atoms with E-state index in [9.17, 15) is 19.2 Å². The average molecular weight is 438 g/mol. The van der Waals surface area contributed by atoms with Gasteiger partial charge in [0.1, 0.15) is 23.3 Å². The van der Waals surface area contributed by atoms with Gasteiger partial charge in [-0.05, 0) is 48.9 Å². The Balaban J connectivity index is 1.42. The van der Waals surface area contributed by atoms with E-state index in [1.54, 1.807) is 29.2 Å². The second-order valence-electron chi connectivity index (χ2n) is 7.15. The van der Waals surface area contributed by atoms with Crippen LogP contribution in [0.1, 0.15) is 22.6 Å². The van der Waals surface area contributed by atoms with Gasteiger partial charge >= 0.3 is 0 Å². The highest BCUT2D eigenvalue weighted by Crippen LogP contribution is 2.25. The Bertz CT molecular complexity index is 1200. The van der Waals surface area contributed by atoms with Crippen molar-refractivity contribution in [2.45, 2.75) is 6.42 Å². The molecule has 0 saturated carbocycles. The van der Waals surface area contributed by atoms with Crippen molar-refractivity contribution in [1.82, 2.24) is 14.9 Å². The molecule has 1 saturated heterocycles. The molecule has 2 aromatic heterocycles. The maximum absolute atomic E-state index is 13.3. The summed E-state index contributed by atoms with van der Waals surface area (Å²) in [7, 11) is 0. The highest BCUT2D eigenvalue weighted by molar-refractivity contribution is 6.31. The van der Waals surface area contributed by atoms with Crippen LogP contribution in [0.3, 0.4) is 0 Å². The average Bonchev–Trinajstić information content (AvgIpc) is 3.46. The number of halogens is 2. The third-order valence-electron chi connectivity index (χ3n) is 5.15. The number of hydrogen-bond acceptors (Lipinski definition) is 4. The van der Waals surface area contributed by atoms with Crippen LogP contribution in [0.5, 0.6) is 0 Å². The third-order valence-corrected chi connectivity index (χ3v) is 5.44. The van der Waals surface area contributed by atoms with Crippen LogP contribution in [-0.4, -0.2) is 39.8 Å². The van der Waals surface area contributed by atoms with Gasteiger partial charge in [-0.2, -0.15) is 5.26 Å². The van der Waals surface area contributed by atoms with Crippen LogP contribution < -0.4 is 5.32 Å². The number of aromatic amines is 1. The Kier molecular flexibility index (Phi) is 5.69. The molecule has 31 heavy (non-hydrogen) atoms. The largest absolute Gasteiger partial charge is 0.350 e. The highest BCUT2D eigenvalue weighted by Gasteiger charge is 2.32. The number of rotatable bonds is 4. The van der Waals surface area contributed by atoms with Crippen molar-refractivity contribution in [3.05, 3.63) is 70.9 Å². The predicted molar refractivity (Wildman–Crippen MR) is 113 cm³/mol. The fraction of sp³-hybridized carbons (Fsp3) is 0.182. The van der Waals surface area contributed by atoms with Crippen molar-refractivity contribution < 1.29 is 14.0 Å². The molecule has 2 N–H and O–H groups in total. The molecule has 1 aliphatic heterocycles. The zero-order valence-electron chi connectivity index (χ0n) is 16.2. The molecule has 0 radical (unpaired) electrons. The number of amides is 2. The number of carbonyl (C=O) groups is 2. The summed E-state index contributed by atoms with van der Waals surface area (Å²) in [6.45, 7) is 0.704. The number of nitrogens with one attached hydrogen (secondary N) is 2. The number of carbonyl (C=O) groups excluding carboxylic acids is 2. The van der Waals surface area contributed by atoms with Gasteiger partial charge in [-0.15, -0.1) is 0 Å². The first-order valence-electron chi connectivity index (χ1n) is 9.56. The van der Waals surface area contributed by atoms with Gasteiger partial charge in [-0.1, -0.05) is 11.6 Å². The van der Waals surface area contributed by atoms with Crippen molar-refractivity contribution in [1.29, 1.82) is 5.26 Å². The smallest absolute Gasteiger partial charge is 0.270 e. The summed E-state index contributed by atoms with van der Waals surface area (Å²) >= 11 is 5.75. The summed E-state index contributed by atoms with van der Waals surface area (Å²) in [5.74, 6) is -1.42. The predicted octanol–water partition coefficient (Wildman–Crippen LogP) is 3.84.